The van der Waals surface area contributed by atoms with Crippen LogP contribution in [0.2, 0.25) is 0 Å². The highest BCUT2D eigenvalue weighted by Crippen LogP contribution is 2.24. The lowest BCUT2D eigenvalue weighted by molar-refractivity contribution is -0.160. The van der Waals surface area contributed by atoms with Gasteiger partial charge in [0.2, 0.25) is 0 Å². The number of amides is 1. The molecule has 0 aromatic heterocycles. The van der Waals surface area contributed by atoms with E-state index < -0.39 is 29.1 Å². The van der Waals surface area contributed by atoms with Gasteiger partial charge in [0.25, 0.3) is 5.91 Å². The van der Waals surface area contributed by atoms with Gasteiger partial charge in [-0.2, -0.15) is 0 Å². The van der Waals surface area contributed by atoms with Crippen molar-refractivity contribution in [2.45, 2.75) is 58.8 Å². The van der Waals surface area contributed by atoms with Crippen molar-refractivity contribution in [1.82, 2.24) is 10.6 Å². The van der Waals surface area contributed by atoms with E-state index >= 15 is 0 Å². The highest BCUT2D eigenvalue weighted by Gasteiger charge is 2.30. The average Bonchev–Trinajstić information content (AvgIpc) is 2.70. The smallest absolute Gasteiger partial charge is 0.331 e. The van der Waals surface area contributed by atoms with Crippen molar-refractivity contribution in [3.8, 4) is 0 Å². The molecule has 1 heterocycles. The van der Waals surface area contributed by atoms with E-state index in [4.69, 9.17) is 14.3 Å². The Labute approximate surface area is 191 Å². The minimum Gasteiger partial charge on any atom is -0.458 e. The second-order valence-corrected chi connectivity index (χ2v) is 9.76. The lowest BCUT2D eigenvalue weighted by Gasteiger charge is -2.30. The van der Waals surface area contributed by atoms with Crippen LogP contribution in [0, 0.1) is 0 Å². The van der Waals surface area contributed by atoms with Crippen LogP contribution < -0.4 is 21.0 Å². The molecule has 9 nitrogen and oxygen atoms in total. The van der Waals surface area contributed by atoms with Crippen LogP contribution in [0.5, 0.6) is 0 Å². The van der Waals surface area contributed by atoms with Crippen molar-refractivity contribution in [1.29, 1.82) is 0 Å². The maximum Gasteiger partial charge on any atom is 0.331 e. The first kappa shape index (κ1) is 25.9. The normalized spacial score (nSPS) is 15.8. The van der Waals surface area contributed by atoms with Gasteiger partial charge < -0.3 is 25.0 Å². The second kappa shape index (κ2) is 11.0. The number of esters is 1. The predicted octanol–water partition coefficient (Wildman–Crippen LogP) is 2.32. The summed E-state index contributed by atoms with van der Waals surface area (Å²) >= 11 is 0. The van der Waals surface area contributed by atoms with Gasteiger partial charge in [-0.05, 0) is 59.7 Å². The molecule has 32 heavy (non-hydrogen) atoms. The van der Waals surface area contributed by atoms with E-state index in [2.05, 4.69) is 21.0 Å². The Morgan fingerprint density at radius 1 is 1.09 bits per heavy atom. The maximum atomic E-state index is 13.3. The Morgan fingerprint density at radius 2 is 1.75 bits per heavy atom. The van der Waals surface area contributed by atoms with Crippen molar-refractivity contribution in [2.24, 2.45) is 0 Å². The SMILES string of the molecule is CONc1ccc(N2CCNCC2)cc1C(=O)NC(COC(C)(C)C)C(=O)OC(C)(C)C. The molecule has 0 spiro atoms. The van der Waals surface area contributed by atoms with Gasteiger partial charge in [-0.1, -0.05) is 0 Å². The number of piperazine rings is 1. The zero-order chi connectivity index (χ0) is 23.9. The Hall–Kier alpha value is -2.36. The van der Waals surface area contributed by atoms with Crippen molar-refractivity contribution >= 4 is 23.3 Å². The molecule has 1 amide bonds. The minimum atomic E-state index is -0.959. The first-order valence-electron chi connectivity index (χ1n) is 11.0. The van der Waals surface area contributed by atoms with Crippen LogP contribution in [0.1, 0.15) is 51.9 Å². The fraction of sp³-hybridized carbons (Fsp3) is 0.652. The highest BCUT2D eigenvalue weighted by molar-refractivity contribution is 6.02. The fourth-order valence-electron chi connectivity index (χ4n) is 3.15. The molecule has 1 aliphatic heterocycles. The van der Waals surface area contributed by atoms with Gasteiger partial charge in [0.1, 0.15) is 5.60 Å². The van der Waals surface area contributed by atoms with Crippen LogP contribution in [0.4, 0.5) is 11.4 Å². The molecule has 0 bridgehead atoms. The summed E-state index contributed by atoms with van der Waals surface area (Å²) in [6, 6.07) is 4.58. The molecule has 1 saturated heterocycles. The standard InChI is InChI=1S/C23H38N4O5/c1-22(2,3)31-15-19(21(29)32-23(4,5)6)25-20(28)17-14-16(8-9-18(17)26-30-7)27-12-10-24-11-13-27/h8-9,14,19,24,26H,10-13,15H2,1-7H3,(H,25,28). The van der Waals surface area contributed by atoms with Gasteiger partial charge >= 0.3 is 5.97 Å². The number of hydrogen-bond donors (Lipinski definition) is 3. The Balaban J connectivity index is 2.27. The number of nitrogens with one attached hydrogen (secondary N) is 3. The van der Waals surface area contributed by atoms with E-state index in [1.54, 1.807) is 32.9 Å². The van der Waals surface area contributed by atoms with Gasteiger partial charge in [-0.3, -0.25) is 15.1 Å². The van der Waals surface area contributed by atoms with Crippen molar-refractivity contribution < 1.29 is 23.9 Å². The van der Waals surface area contributed by atoms with E-state index in [0.717, 1.165) is 31.9 Å². The van der Waals surface area contributed by atoms with Gasteiger partial charge in [0.05, 0.1) is 30.6 Å². The first-order valence-corrected chi connectivity index (χ1v) is 11.0. The van der Waals surface area contributed by atoms with Crippen LogP contribution in [0.15, 0.2) is 18.2 Å². The summed E-state index contributed by atoms with van der Waals surface area (Å²) in [6.45, 7) is 14.5. The third-order valence-electron chi connectivity index (χ3n) is 4.62. The van der Waals surface area contributed by atoms with Crippen molar-refractivity contribution in [3.63, 3.8) is 0 Å². The first-order chi connectivity index (χ1) is 14.9. The summed E-state index contributed by atoms with van der Waals surface area (Å²) < 4.78 is 11.3. The molecule has 1 aromatic rings. The number of carbonyl (C=O) groups excluding carboxylic acids is 2. The molecular weight excluding hydrogens is 412 g/mol. The summed E-state index contributed by atoms with van der Waals surface area (Å²) in [5.41, 5.74) is 3.38. The zero-order valence-corrected chi connectivity index (χ0v) is 20.3. The van der Waals surface area contributed by atoms with Gasteiger partial charge in [0, 0.05) is 31.9 Å². The van der Waals surface area contributed by atoms with E-state index in [9.17, 15) is 9.59 Å². The summed E-state index contributed by atoms with van der Waals surface area (Å²) in [5.74, 6) is -0.968. The van der Waals surface area contributed by atoms with Crippen LogP contribution in [-0.2, 0) is 19.1 Å². The molecule has 1 atom stereocenters. The summed E-state index contributed by atoms with van der Waals surface area (Å²) in [4.78, 5) is 33.3. The van der Waals surface area contributed by atoms with Crippen molar-refractivity contribution in [3.05, 3.63) is 23.8 Å². The average molecular weight is 451 g/mol. The summed E-state index contributed by atoms with van der Waals surface area (Å²) in [7, 11) is 1.48. The number of hydrogen-bond acceptors (Lipinski definition) is 8. The third kappa shape index (κ3) is 8.29. The number of nitrogens with zero attached hydrogens (tertiary/aromatic N) is 1. The maximum absolute atomic E-state index is 13.3. The molecule has 180 valence electrons. The topological polar surface area (TPSA) is 101 Å². The second-order valence-electron chi connectivity index (χ2n) is 9.76. The summed E-state index contributed by atoms with van der Waals surface area (Å²) in [6.07, 6.45) is 0. The Morgan fingerprint density at radius 3 is 2.31 bits per heavy atom. The minimum absolute atomic E-state index is 0.00528. The Bertz CT molecular complexity index is 780. The van der Waals surface area contributed by atoms with Crippen LogP contribution >= 0.6 is 0 Å². The number of rotatable bonds is 8. The molecule has 9 heteroatoms. The molecule has 0 saturated carbocycles. The molecule has 1 unspecified atom stereocenters. The van der Waals surface area contributed by atoms with Crippen LogP contribution in [0.25, 0.3) is 0 Å². The number of anilines is 2. The molecule has 3 N–H and O–H groups in total. The molecule has 1 aromatic carbocycles. The predicted molar refractivity (Wildman–Crippen MR) is 125 cm³/mol. The van der Waals surface area contributed by atoms with E-state index in [1.807, 2.05) is 26.8 Å². The monoisotopic (exact) mass is 450 g/mol. The highest BCUT2D eigenvalue weighted by atomic mass is 16.6. The molecule has 0 radical (unpaired) electrons. The molecule has 1 fully saturated rings. The van der Waals surface area contributed by atoms with Crippen molar-refractivity contribution in [2.75, 3.05) is 50.3 Å². The molecule has 0 aliphatic carbocycles. The van der Waals surface area contributed by atoms with Gasteiger partial charge in [-0.15, -0.1) is 0 Å². The van der Waals surface area contributed by atoms with Crippen LogP contribution in [0.3, 0.4) is 0 Å². The van der Waals surface area contributed by atoms with Gasteiger partial charge in [-0.25, -0.2) is 4.79 Å². The quantitative estimate of drug-likeness (QED) is 0.410. The fourth-order valence-corrected chi connectivity index (χ4v) is 3.15. The lowest BCUT2D eigenvalue weighted by Crippen LogP contribution is -2.48. The number of ether oxygens (including phenoxy) is 2. The molecular formula is C23H38N4O5. The van der Waals surface area contributed by atoms with Gasteiger partial charge in [0.15, 0.2) is 6.04 Å². The van der Waals surface area contributed by atoms with E-state index in [-0.39, 0.29) is 6.61 Å². The van der Waals surface area contributed by atoms with E-state index in [1.165, 1.54) is 7.11 Å². The molecule has 1 aliphatic rings. The number of benzene rings is 1. The molecule has 2 rings (SSSR count). The largest absolute Gasteiger partial charge is 0.458 e. The Kier molecular flexibility index (Phi) is 8.89. The van der Waals surface area contributed by atoms with E-state index in [0.29, 0.717) is 11.3 Å². The lowest BCUT2D eigenvalue weighted by atomic mass is 10.1. The number of carbonyl (C=O) groups is 2. The third-order valence-corrected chi connectivity index (χ3v) is 4.62. The summed E-state index contributed by atoms with van der Waals surface area (Å²) in [5, 5.41) is 6.11. The zero-order valence-electron chi connectivity index (χ0n) is 20.3. The van der Waals surface area contributed by atoms with Crippen LogP contribution in [-0.4, -0.2) is 69.0 Å².